The van der Waals surface area contributed by atoms with Crippen LogP contribution in [0.1, 0.15) is 21.9 Å². The van der Waals surface area contributed by atoms with Crippen molar-refractivity contribution in [2.75, 3.05) is 39.4 Å². The Morgan fingerprint density at radius 2 is 2.04 bits per heavy atom. The Hall–Kier alpha value is -1.47. The lowest BCUT2D eigenvalue weighted by Crippen LogP contribution is -3.14. The molecule has 5 nitrogen and oxygen atoms in total. The first kappa shape index (κ1) is 19.3. The number of halogens is 1. The highest BCUT2D eigenvalue weighted by Crippen LogP contribution is 2.21. The molecule has 2 N–H and O–H groups in total. The Labute approximate surface area is 163 Å². The molecule has 140 valence electrons. The number of benzene rings is 1. The molecule has 0 radical (unpaired) electrons. The van der Waals surface area contributed by atoms with Crippen molar-refractivity contribution >= 4 is 29.3 Å². The second kappa shape index (κ2) is 10.0. The number of hydrogen-bond acceptors (Lipinski definition) is 4. The Balaban J connectivity index is 1.38. The third-order valence-electron chi connectivity index (χ3n) is 4.25. The fraction of sp³-hybridized carbons (Fsp3) is 0.421. The van der Waals surface area contributed by atoms with E-state index in [4.69, 9.17) is 20.8 Å². The van der Waals surface area contributed by atoms with Gasteiger partial charge in [0.1, 0.15) is 18.8 Å². The molecule has 1 aliphatic heterocycles. The Morgan fingerprint density at radius 1 is 1.19 bits per heavy atom. The topological polar surface area (TPSA) is 55.9 Å². The molecular weight excluding hydrogens is 372 g/mol. The fourth-order valence-electron chi connectivity index (χ4n) is 2.82. The highest BCUT2D eigenvalue weighted by Gasteiger charge is 2.15. The molecule has 0 spiro atoms. The van der Waals surface area contributed by atoms with E-state index >= 15 is 0 Å². The van der Waals surface area contributed by atoms with Crippen molar-refractivity contribution in [3.8, 4) is 0 Å². The number of nitrogens with one attached hydrogen (secondary N) is 2. The second-order valence-electron chi connectivity index (χ2n) is 6.26. The predicted molar refractivity (Wildman–Crippen MR) is 104 cm³/mol. The Bertz CT molecular complexity index is 716. The molecule has 0 unspecified atom stereocenters. The average molecular weight is 396 g/mol. The number of quaternary nitrogens is 1. The summed E-state index contributed by atoms with van der Waals surface area (Å²) in [6, 6.07) is 11.4. The number of thioether (sulfide) groups is 1. The molecule has 0 bridgehead atoms. The van der Waals surface area contributed by atoms with E-state index in [1.165, 1.54) is 10.5 Å². The molecule has 26 heavy (non-hydrogen) atoms. The molecule has 0 aliphatic carbocycles. The van der Waals surface area contributed by atoms with Crippen LogP contribution in [0.2, 0.25) is 5.02 Å². The summed E-state index contributed by atoms with van der Waals surface area (Å²) in [6.45, 7) is 5.18. The number of carbonyl (C=O) groups is 1. The van der Waals surface area contributed by atoms with E-state index in [0.717, 1.165) is 55.1 Å². The van der Waals surface area contributed by atoms with Crippen LogP contribution in [0.25, 0.3) is 0 Å². The largest absolute Gasteiger partial charge is 0.455 e. The van der Waals surface area contributed by atoms with Gasteiger partial charge in [0, 0.05) is 10.8 Å². The standard InChI is InChI=1S/C19H23ClN2O3S/c20-16-3-1-2-15(12-16)13-26-14-17-4-5-18(25-17)19(23)21-6-7-22-8-10-24-11-9-22/h1-5,12H,6-11,13-14H2,(H,21,23)/p+1. The molecule has 2 heterocycles. The summed E-state index contributed by atoms with van der Waals surface area (Å²) in [4.78, 5) is 13.6. The van der Waals surface area contributed by atoms with Gasteiger partial charge in [-0.1, -0.05) is 23.7 Å². The molecule has 0 atom stereocenters. The smallest absolute Gasteiger partial charge is 0.287 e. The molecule has 1 aromatic carbocycles. The van der Waals surface area contributed by atoms with Crippen molar-refractivity contribution in [2.45, 2.75) is 11.5 Å². The van der Waals surface area contributed by atoms with Crippen LogP contribution in [-0.2, 0) is 16.2 Å². The summed E-state index contributed by atoms with van der Waals surface area (Å²) >= 11 is 7.72. The maximum absolute atomic E-state index is 12.2. The van der Waals surface area contributed by atoms with Gasteiger partial charge in [-0.25, -0.2) is 0 Å². The average Bonchev–Trinajstić information content (AvgIpc) is 3.12. The molecule has 0 saturated carbocycles. The summed E-state index contributed by atoms with van der Waals surface area (Å²) in [5.41, 5.74) is 1.18. The van der Waals surface area contributed by atoms with Crippen LogP contribution in [0.4, 0.5) is 0 Å². The number of carbonyl (C=O) groups excluding carboxylic acids is 1. The normalized spacial score (nSPS) is 15.1. The monoisotopic (exact) mass is 395 g/mol. The van der Waals surface area contributed by atoms with E-state index in [0.29, 0.717) is 12.3 Å². The minimum Gasteiger partial charge on any atom is -0.455 e. The van der Waals surface area contributed by atoms with Crippen molar-refractivity contribution in [3.63, 3.8) is 0 Å². The lowest BCUT2D eigenvalue weighted by atomic mass is 10.2. The van der Waals surface area contributed by atoms with Crippen LogP contribution in [0.15, 0.2) is 40.8 Å². The van der Waals surface area contributed by atoms with Gasteiger partial charge in [0.05, 0.1) is 32.1 Å². The summed E-state index contributed by atoms with van der Waals surface area (Å²) < 4.78 is 11.0. The van der Waals surface area contributed by atoms with Gasteiger partial charge in [-0.15, -0.1) is 11.8 Å². The van der Waals surface area contributed by atoms with Gasteiger partial charge in [0.15, 0.2) is 5.76 Å². The number of amides is 1. The van der Waals surface area contributed by atoms with Crippen LogP contribution in [-0.4, -0.2) is 45.3 Å². The van der Waals surface area contributed by atoms with E-state index < -0.39 is 0 Å². The Kier molecular flexibility index (Phi) is 7.43. The third kappa shape index (κ3) is 6.06. The SMILES string of the molecule is O=C(NCC[NH+]1CCOCC1)c1ccc(CSCc2cccc(Cl)c2)o1. The molecule has 7 heteroatoms. The van der Waals surface area contributed by atoms with Gasteiger partial charge in [-0.05, 0) is 29.8 Å². The maximum Gasteiger partial charge on any atom is 0.287 e. The van der Waals surface area contributed by atoms with Crippen LogP contribution < -0.4 is 10.2 Å². The first-order valence-electron chi connectivity index (χ1n) is 8.81. The van der Waals surface area contributed by atoms with Gasteiger partial charge in [-0.2, -0.15) is 0 Å². The van der Waals surface area contributed by atoms with Gasteiger partial charge in [0.25, 0.3) is 5.91 Å². The van der Waals surface area contributed by atoms with E-state index in [1.54, 1.807) is 17.8 Å². The van der Waals surface area contributed by atoms with Crippen molar-refractivity contribution in [2.24, 2.45) is 0 Å². The number of furan rings is 1. The second-order valence-corrected chi connectivity index (χ2v) is 7.68. The lowest BCUT2D eigenvalue weighted by Gasteiger charge is -2.23. The van der Waals surface area contributed by atoms with Crippen LogP contribution in [0.5, 0.6) is 0 Å². The molecule has 2 aromatic rings. The number of morpholine rings is 1. The highest BCUT2D eigenvalue weighted by atomic mass is 35.5. The number of ether oxygens (including phenoxy) is 1. The Morgan fingerprint density at radius 3 is 2.85 bits per heavy atom. The maximum atomic E-state index is 12.2. The minimum atomic E-state index is -0.149. The van der Waals surface area contributed by atoms with Gasteiger partial charge < -0.3 is 19.4 Å². The molecule has 3 rings (SSSR count). The minimum absolute atomic E-state index is 0.149. The summed E-state index contributed by atoms with van der Waals surface area (Å²) in [6.07, 6.45) is 0. The molecule has 1 fully saturated rings. The zero-order valence-corrected chi connectivity index (χ0v) is 16.2. The van der Waals surface area contributed by atoms with E-state index in [2.05, 4.69) is 11.4 Å². The molecular formula is C19H24ClN2O3S+. The first-order valence-corrected chi connectivity index (χ1v) is 10.3. The van der Waals surface area contributed by atoms with E-state index in [-0.39, 0.29) is 5.91 Å². The molecule has 1 saturated heterocycles. The van der Waals surface area contributed by atoms with E-state index in [9.17, 15) is 4.79 Å². The number of hydrogen-bond donors (Lipinski definition) is 2. The van der Waals surface area contributed by atoms with Crippen LogP contribution in [0.3, 0.4) is 0 Å². The van der Waals surface area contributed by atoms with Crippen molar-refractivity contribution in [1.29, 1.82) is 0 Å². The first-order chi connectivity index (χ1) is 12.7. The van der Waals surface area contributed by atoms with Crippen LogP contribution in [0, 0.1) is 0 Å². The van der Waals surface area contributed by atoms with Gasteiger partial charge in [-0.3, -0.25) is 4.79 Å². The zero-order chi connectivity index (χ0) is 18.2. The molecule has 1 aliphatic rings. The van der Waals surface area contributed by atoms with E-state index in [1.807, 2.05) is 24.3 Å². The van der Waals surface area contributed by atoms with Gasteiger partial charge >= 0.3 is 0 Å². The van der Waals surface area contributed by atoms with Crippen LogP contribution >= 0.6 is 23.4 Å². The molecule has 1 amide bonds. The lowest BCUT2D eigenvalue weighted by molar-refractivity contribution is -0.906. The summed E-state index contributed by atoms with van der Waals surface area (Å²) in [5, 5.41) is 3.68. The fourth-order valence-corrected chi connectivity index (χ4v) is 3.91. The number of rotatable bonds is 8. The summed E-state index contributed by atoms with van der Waals surface area (Å²) in [7, 11) is 0. The van der Waals surface area contributed by atoms with Crippen molar-refractivity contribution < 1.29 is 18.8 Å². The van der Waals surface area contributed by atoms with Gasteiger partial charge in [0.2, 0.25) is 0 Å². The third-order valence-corrected chi connectivity index (χ3v) is 5.51. The summed E-state index contributed by atoms with van der Waals surface area (Å²) in [5.74, 6) is 2.60. The zero-order valence-electron chi connectivity index (χ0n) is 14.6. The predicted octanol–water partition coefficient (Wildman–Crippen LogP) is 2.01. The van der Waals surface area contributed by atoms with Crippen molar-refractivity contribution in [3.05, 3.63) is 58.5 Å². The molecule has 1 aromatic heterocycles. The quantitative estimate of drug-likeness (QED) is 0.718. The highest BCUT2D eigenvalue weighted by molar-refractivity contribution is 7.97. The van der Waals surface area contributed by atoms with Crippen molar-refractivity contribution in [1.82, 2.24) is 5.32 Å².